The fourth-order valence-electron chi connectivity index (χ4n) is 4.27. The lowest BCUT2D eigenvalue weighted by Gasteiger charge is -2.26. The quantitative estimate of drug-likeness (QED) is 0.361. The van der Waals surface area contributed by atoms with E-state index >= 15 is 0 Å². The van der Waals surface area contributed by atoms with Crippen molar-refractivity contribution in [2.75, 3.05) is 38.7 Å². The zero-order valence-corrected chi connectivity index (χ0v) is 20.2. The van der Waals surface area contributed by atoms with Gasteiger partial charge in [0.2, 0.25) is 0 Å². The average molecular weight is 485 g/mol. The molecule has 5 rings (SSSR count). The highest BCUT2D eigenvalue weighted by atomic mass is 35.5. The Labute approximate surface area is 209 Å². The van der Waals surface area contributed by atoms with Gasteiger partial charge in [-0.2, -0.15) is 5.26 Å². The lowest BCUT2D eigenvalue weighted by molar-refractivity contribution is 0.0342. The van der Waals surface area contributed by atoms with E-state index < -0.39 is 0 Å². The van der Waals surface area contributed by atoms with Gasteiger partial charge >= 0.3 is 0 Å². The molecule has 3 aromatic carbocycles. The molecular weight excluding hydrogens is 460 g/mol. The van der Waals surface area contributed by atoms with Gasteiger partial charge in [0, 0.05) is 37.3 Å². The maximum Gasteiger partial charge on any atom is 0.121 e. The van der Waals surface area contributed by atoms with Gasteiger partial charge in [-0.25, -0.2) is 0 Å². The summed E-state index contributed by atoms with van der Waals surface area (Å²) in [7, 11) is 1.60. The number of hydrogen-bond acceptors (Lipinski definition) is 6. The summed E-state index contributed by atoms with van der Waals surface area (Å²) in [5, 5.41) is 14.4. The molecule has 7 heteroatoms. The summed E-state index contributed by atoms with van der Waals surface area (Å²) in [4.78, 5) is 6.96. The number of ether oxygens (including phenoxy) is 2. The summed E-state index contributed by atoms with van der Waals surface area (Å²) >= 11 is 6.40. The Bertz CT molecular complexity index is 1390. The monoisotopic (exact) mass is 484 g/mol. The Hall–Kier alpha value is -3.63. The molecule has 2 heterocycles. The van der Waals surface area contributed by atoms with E-state index in [1.54, 1.807) is 25.4 Å². The van der Waals surface area contributed by atoms with Crippen molar-refractivity contribution in [3.05, 3.63) is 83.0 Å². The third-order valence-electron chi connectivity index (χ3n) is 6.22. The van der Waals surface area contributed by atoms with Gasteiger partial charge in [-0.05, 0) is 34.9 Å². The molecule has 35 heavy (non-hydrogen) atoms. The fourth-order valence-corrected chi connectivity index (χ4v) is 4.44. The van der Waals surface area contributed by atoms with Crippen LogP contribution >= 0.6 is 11.6 Å². The first kappa shape index (κ1) is 23.1. The molecule has 0 aliphatic carbocycles. The molecule has 1 aliphatic heterocycles. The van der Waals surface area contributed by atoms with Crippen LogP contribution in [0.3, 0.4) is 0 Å². The molecule has 0 radical (unpaired) electrons. The van der Waals surface area contributed by atoms with Crippen LogP contribution in [-0.4, -0.2) is 43.3 Å². The van der Waals surface area contributed by atoms with Crippen LogP contribution < -0.4 is 10.1 Å². The van der Waals surface area contributed by atoms with E-state index in [1.165, 1.54) is 5.56 Å². The number of hydrogen-bond donors (Lipinski definition) is 1. The normalized spacial score (nSPS) is 14.0. The standard InChI is InChI=1S/C28H25ClN4O2/c1-34-23-7-9-25(29)27(15-23)32-28-22(16-30)17-31-26-14-21(6-8-24(26)28)20-4-2-19(3-5-20)18-33-10-12-35-13-11-33/h2-9,14-15,17H,10-13,18H2,1H3,(H,31,32). The van der Waals surface area contributed by atoms with Crippen LogP contribution in [0.2, 0.25) is 5.02 Å². The van der Waals surface area contributed by atoms with Crippen molar-refractivity contribution in [1.82, 2.24) is 9.88 Å². The Balaban J connectivity index is 1.44. The van der Waals surface area contributed by atoms with Crippen molar-refractivity contribution < 1.29 is 9.47 Å². The molecule has 1 saturated heterocycles. The minimum atomic E-state index is 0.441. The molecule has 4 aromatic rings. The molecule has 0 amide bonds. The van der Waals surface area contributed by atoms with E-state index in [-0.39, 0.29) is 0 Å². The number of halogens is 1. The Morgan fingerprint density at radius 3 is 2.57 bits per heavy atom. The van der Waals surface area contributed by atoms with Gasteiger partial charge < -0.3 is 14.8 Å². The Kier molecular flexibility index (Phi) is 6.82. The predicted octanol–water partition coefficient (Wildman–Crippen LogP) is 6.01. The van der Waals surface area contributed by atoms with E-state index in [2.05, 4.69) is 51.6 Å². The van der Waals surface area contributed by atoms with Crippen LogP contribution in [0, 0.1) is 11.3 Å². The highest BCUT2D eigenvalue weighted by Gasteiger charge is 2.14. The summed E-state index contributed by atoms with van der Waals surface area (Å²) in [6.45, 7) is 4.48. The van der Waals surface area contributed by atoms with Crippen molar-refractivity contribution in [2.24, 2.45) is 0 Å². The highest BCUT2D eigenvalue weighted by Crippen LogP contribution is 2.35. The number of rotatable bonds is 6. The summed E-state index contributed by atoms with van der Waals surface area (Å²) in [5.74, 6) is 0.674. The van der Waals surface area contributed by atoms with E-state index in [0.717, 1.165) is 54.9 Å². The van der Waals surface area contributed by atoms with Gasteiger partial charge in [0.1, 0.15) is 11.8 Å². The predicted molar refractivity (Wildman–Crippen MR) is 139 cm³/mol. The lowest BCUT2D eigenvalue weighted by Crippen LogP contribution is -2.35. The van der Waals surface area contributed by atoms with Gasteiger partial charge in [-0.3, -0.25) is 9.88 Å². The molecule has 1 aromatic heterocycles. The fraction of sp³-hybridized carbons (Fsp3) is 0.214. The third-order valence-corrected chi connectivity index (χ3v) is 6.55. The summed E-state index contributed by atoms with van der Waals surface area (Å²) in [6.07, 6.45) is 1.59. The number of aromatic nitrogens is 1. The number of methoxy groups -OCH3 is 1. The first-order valence-electron chi connectivity index (χ1n) is 11.5. The van der Waals surface area contributed by atoms with Crippen LogP contribution in [0.4, 0.5) is 11.4 Å². The molecule has 0 spiro atoms. The van der Waals surface area contributed by atoms with Crippen LogP contribution in [0.25, 0.3) is 22.0 Å². The number of anilines is 2. The van der Waals surface area contributed by atoms with Crippen molar-refractivity contribution in [2.45, 2.75) is 6.54 Å². The zero-order chi connectivity index (χ0) is 24.2. The van der Waals surface area contributed by atoms with Gasteiger partial charge in [0.15, 0.2) is 0 Å². The number of pyridine rings is 1. The van der Waals surface area contributed by atoms with Crippen LogP contribution in [0.15, 0.2) is 66.9 Å². The number of benzene rings is 3. The van der Waals surface area contributed by atoms with Crippen LogP contribution in [-0.2, 0) is 11.3 Å². The minimum Gasteiger partial charge on any atom is -0.497 e. The molecule has 0 bridgehead atoms. The molecule has 176 valence electrons. The second kappa shape index (κ2) is 10.3. The van der Waals surface area contributed by atoms with Gasteiger partial charge in [0.25, 0.3) is 0 Å². The third kappa shape index (κ3) is 5.08. The second-order valence-corrected chi connectivity index (χ2v) is 8.85. The molecular formula is C28H25ClN4O2. The van der Waals surface area contributed by atoms with Crippen molar-refractivity contribution in [3.8, 4) is 22.9 Å². The lowest BCUT2D eigenvalue weighted by atomic mass is 10.0. The van der Waals surface area contributed by atoms with E-state index in [4.69, 9.17) is 21.1 Å². The number of nitrogens with zero attached hydrogens (tertiary/aromatic N) is 3. The number of nitriles is 1. The molecule has 6 nitrogen and oxygen atoms in total. The Morgan fingerprint density at radius 1 is 1.06 bits per heavy atom. The minimum absolute atomic E-state index is 0.441. The SMILES string of the molecule is COc1ccc(Cl)c(Nc2c(C#N)cnc3cc(-c4ccc(CN5CCOCC5)cc4)ccc23)c1. The van der Waals surface area contributed by atoms with E-state index in [0.29, 0.717) is 27.7 Å². The highest BCUT2D eigenvalue weighted by molar-refractivity contribution is 6.33. The topological polar surface area (TPSA) is 70.4 Å². The smallest absolute Gasteiger partial charge is 0.121 e. The van der Waals surface area contributed by atoms with Crippen molar-refractivity contribution in [1.29, 1.82) is 5.26 Å². The molecule has 0 atom stereocenters. The maximum atomic E-state index is 9.70. The summed E-state index contributed by atoms with van der Waals surface area (Å²) in [5.41, 5.74) is 6.04. The first-order chi connectivity index (χ1) is 17.1. The van der Waals surface area contributed by atoms with E-state index in [1.807, 2.05) is 18.2 Å². The van der Waals surface area contributed by atoms with Crippen molar-refractivity contribution >= 4 is 33.9 Å². The molecule has 0 unspecified atom stereocenters. The molecule has 0 saturated carbocycles. The molecule has 1 aliphatic rings. The van der Waals surface area contributed by atoms with Gasteiger partial charge in [-0.1, -0.05) is 48.0 Å². The number of nitrogens with one attached hydrogen (secondary N) is 1. The first-order valence-corrected chi connectivity index (χ1v) is 11.9. The number of fused-ring (bicyclic) bond motifs is 1. The molecule has 1 fully saturated rings. The summed E-state index contributed by atoms with van der Waals surface area (Å²) in [6, 6.07) is 22.4. The zero-order valence-electron chi connectivity index (χ0n) is 19.4. The summed E-state index contributed by atoms with van der Waals surface area (Å²) < 4.78 is 10.8. The number of morpholine rings is 1. The average Bonchev–Trinajstić information content (AvgIpc) is 2.90. The van der Waals surface area contributed by atoms with E-state index in [9.17, 15) is 5.26 Å². The van der Waals surface area contributed by atoms with Crippen molar-refractivity contribution in [3.63, 3.8) is 0 Å². The second-order valence-electron chi connectivity index (χ2n) is 8.45. The largest absolute Gasteiger partial charge is 0.497 e. The maximum absolute atomic E-state index is 9.70. The van der Waals surface area contributed by atoms with Crippen LogP contribution in [0.5, 0.6) is 5.75 Å². The van der Waals surface area contributed by atoms with Crippen LogP contribution in [0.1, 0.15) is 11.1 Å². The Morgan fingerprint density at radius 2 is 1.83 bits per heavy atom. The van der Waals surface area contributed by atoms with Gasteiger partial charge in [0.05, 0.1) is 47.8 Å². The molecule has 1 N–H and O–H groups in total. The van der Waals surface area contributed by atoms with Gasteiger partial charge in [-0.15, -0.1) is 0 Å².